The van der Waals surface area contributed by atoms with Crippen LogP contribution in [0.4, 0.5) is 0 Å². The summed E-state index contributed by atoms with van der Waals surface area (Å²) >= 11 is 0. The van der Waals surface area contributed by atoms with Gasteiger partial charge >= 0.3 is 0 Å². The lowest BCUT2D eigenvalue weighted by Gasteiger charge is -2.06. The largest absolute Gasteiger partial charge is 0.383 e. The van der Waals surface area contributed by atoms with E-state index in [1.165, 1.54) is 22.3 Å². The first-order valence-electron chi connectivity index (χ1n) is 6.59. The number of ether oxygens (including phenoxy) is 1. The Morgan fingerprint density at radius 1 is 1.22 bits per heavy atom. The number of benzene rings is 1. The molecule has 1 N–H and O–H groups in total. The van der Waals surface area contributed by atoms with Gasteiger partial charge in [-0.05, 0) is 56.0 Å². The van der Waals surface area contributed by atoms with Crippen molar-refractivity contribution in [2.45, 2.75) is 27.2 Å². The van der Waals surface area contributed by atoms with Crippen molar-refractivity contribution in [1.29, 1.82) is 0 Å². The summed E-state index contributed by atoms with van der Waals surface area (Å²) in [7, 11) is 1.73. The monoisotopic (exact) mass is 247 g/mol. The van der Waals surface area contributed by atoms with E-state index in [0.717, 1.165) is 26.1 Å². The van der Waals surface area contributed by atoms with Gasteiger partial charge in [-0.3, -0.25) is 0 Å². The van der Waals surface area contributed by atoms with E-state index in [1.807, 2.05) is 0 Å². The highest BCUT2D eigenvalue weighted by atomic mass is 16.5. The highest BCUT2D eigenvalue weighted by Gasteiger charge is 1.98. The topological polar surface area (TPSA) is 21.3 Å². The summed E-state index contributed by atoms with van der Waals surface area (Å²) < 4.78 is 4.99. The lowest BCUT2D eigenvalue weighted by atomic mass is 10.0. The van der Waals surface area contributed by atoms with Crippen LogP contribution in [0, 0.1) is 13.8 Å². The van der Waals surface area contributed by atoms with Gasteiger partial charge in [0, 0.05) is 13.7 Å². The second-order valence-corrected chi connectivity index (χ2v) is 4.72. The molecular weight excluding hydrogens is 222 g/mol. The number of allylic oxidation sites excluding steroid dienone is 1. The minimum atomic E-state index is 0.778. The molecule has 0 spiro atoms. The third-order valence-electron chi connectivity index (χ3n) is 3.22. The fourth-order valence-corrected chi connectivity index (χ4v) is 1.79. The van der Waals surface area contributed by atoms with E-state index in [1.54, 1.807) is 7.11 Å². The maximum atomic E-state index is 4.99. The van der Waals surface area contributed by atoms with E-state index in [9.17, 15) is 0 Å². The van der Waals surface area contributed by atoms with Crippen molar-refractivity contribution in [3.8, 4) is 0 Å². The summed E-state index contributed by atoms with van der Waals surface area (Å²) in [6.45, 7) is 9.20. The first-order chi connectivity index (χ1) is 8.65. The normalized spacial score (nSPS) is 11.9. The highest BCUT2D eigenvalue weighted by molar-refractivity contribution is 5.64. The van der Waals surface area contributed by atoms with Crippen LogP contribution in [0.3, 0.4) is 0 Å². The Hall–Kier alpha value is -1.12. The van der Waals surface area contributed by atoms with Crippen LogP contribution in [0.1, 0.15) is 30.0 Å². The molecule has 18 heavy (non-hydrogen) atoms. The Morgan fingerprint density at radius 2 is 2.00 bits per heavy atom. The molecule has 0 aliphatic rings. The van der Waals surface area contributed by atoms with Crippen LogP contribution < -0.4 is 5.32 Å². The Kier molecular flexibility index (Phi) is 6.69. The first kappa shape index (κ1) is 14.9. The van der Waals surface area contributed by atoms with Gasteiger partial charge in [-0.2, -0.15) is 0 Å². The van der Waals surface area contributed by atoms with Gasteiger partial charge in [0.15, 0.2) is 0 Å². The molecule has 0 aliphatic carbocycles. The third-order valence-corrected chi connectivity index (χ3v) is 3.22. The number of methoxy groups -OCH3 is 1. The minimum absolute atomic E-state index is 0.778. The molecule has 0 fully saturated rings. The smallest absolute Gasteiger partial charge is 0.0587 e. The molecule has 1 rings (SSSR count). The first-order valence-corrected chi connectivity index (χ1v) is 6.59. The summed E-state index contributed by atoms with van der Waals surface area (Å²) in [6, 6.07) is 6.66. The van der Waals surface area contributed by atoms with Crippen molar-refractivity contribution in [2.75, 3.05) is 26.8 Å². The second kappa shape index (κ2) is 8.06. The van der Waals surface area contributed by atoms with Gasteiger partial charge in [0.25, 0.3) is 0 Å². The molecule has 1 aromatic rings. The lowest BCUT2D eigenvalue weighted by molar-refractivity contribution is 0.199. The number of rotatable bonds is 7. The average Bonchev–Trinajstić information content (AvgIpc) is 2.36. The van der Waals surface area contributed by atoms with Gasteiger partial charge in [-0.25, -0.2) is 0 Å². The highest BCUT2D eigenvalue weighted by Crippen LogP contribution is 2.17. The molecule has 0 atom stereocenters. The zero-order valence-electron chi connectivity index (χ0n) is 12.0. The number of nitrogens with one attached hydrogen (secondary N) is 1. The molecule has 2 nitrogen and oxygen atoms in total. The summed E-state index contributed by atoms with van der Waals surface area (Å²) in [5.74, 6) is 0. The fourth-order valence-electron chi connectivity index (χ4n) is 1.79. The zero-order valence-corrected chi connectivity index (χ0v) is 12.0. The molecule has 0 aliphatic heterocycles. The van der Waals surface area contributed by atoms with E-state index < -0.39 is 0 Å². The molecule has 0 saturated carbocycles. The van der Waals surface area contributed by atoms with E-state index in [2.05, 4.69) is 50.4 Å². The van der Waals surface area contributed by atoms with Crippen molar-refractivity contribution in [3.05, 3.63) is 41.0 Å². The van der Waals surface area contributed by atoms with Crippen LogP contribution in [0.15, 0.2) is 24.3 Å². The molecule has 2 heteroatoms. The maximum Gasteiger partial charge on any atom is 0.0587 e. The standard InChI is InChI=1S/C16H25NO/c1-13-7-8-16(12-15(13)3)14(2)6-5-9-17-10-11-18-4/h6-8,12,17H,5,9-11H2,1-4H3. The molecule has 0 heterocycles. The predicted octanol–water partition coefficient (Wildman–Crippen LogP) is 3.33. The molecule has 0 bridgehead atoms. The van der Waals surface area contributed by atoms with E-state index in [-0.39, 0.29) is 0 Å². The quantitative estimate of drug-likeness (QED) is 0.746. The van der Waals surface area contributed by atoms with Crippen LogP contribution >= 0.6 is 0 Å². The molecular formula is C16H25NO. The van der Waals surface area contributed by atoms with E-state index in [0.29, 0.717) is 0 Å². The fraction of sp³-hybridized carbons (Fsp3) is 0.500. The van der Waals surface area contributed by atoms with Crippen LogP contribution in [0.5, 0.6) is 0 Å². The third kappa shape index (κ3) is 5.03. The number of aryl methyl sites for hydroxylation is 2. The van der Waals surface area contributed by atoms with Gasteiger partial charge in [0.1, 0.15) is 0 Å². The van der Waals surface area contributed by atoms with Crippen LogP contribution in [0.25, 0.3) is 5.57 Å². The van der Waals surface area contributed by atoms with E-state index in [4.69, 9.17) is 4.74 Å². The van der Waals surface area contributed by atoms with Crippen molar-refractivity contribution < 1.29 is 4.74 Å². The Bertz CT molecular complexity index is 396. The van der Waals surface area contributed by atoms with Crippen molar-refractivity contribution in [3.63, 3.8) is 0 Å². The van der Waals surface area contributed by atoms with E-state index >= 15 is 0 Å². The van der Waals surface area contributed by atoms with Crippen molar-refractivity contribution in [2.24, 2.45) is 0 Å². The van der Waals surface area contributed by atoms with Gasteiger partial charge in [-0.1, -0.05) is 24.3 Å². The SMILES string of the molecule is COCCNCCC=C(C)c1ccc(C)c(C)c1. The molecule has 1 aromatic carbocycles. The lowest BCUT2D eigenvalue weighted by Crippen LogP contribution is -2.19. The molecule has 0 unspecified atom stereocenters. The van der Waals surface area contributed by atoms with Crippen LogP contribution in [0.2, 0.25) is 0 Å². The van der Waals surface area contributed by atoms with Gasteiger partial charge < -0.3 is 10.1 Å². The van der Waals surface area contributed by atoms with Gasteiger partial charge in [0.2, 0.25) is 0 Å². The Balaban J connectivity index is 2.43. The van der Waals surface area contributed by atoms with Gasteiger partial charge in [-0.15, -0.1) is 0 Å². The number of hydrogen-bond donors (Lipinski definition) is 1. The molecule has 0 radical (unpaired) electrons. The summed E-state index contributed by atoms with van der Waals surface area (Å²) in [4.78, 5) is 0. The Morgan fingerprint density at radius 3 is 2.67 bits per heavy atom. The van der Waals surface area contributed by atoms with Crippen molar-refractivity contribution in [1.82, 2.24) is 5.32 Å². The Labute approximate surface area is 111 Å². The van der Waals surface area contributed by atoms with Crippen molar-refractivity contribution >= 4 is 5.57 Å². The summed E-state index contributed by atoms with van der Waals surface area (Å²) in [6.07, 6.45) is 3.35. The van der Waals surface area contributed by atoms with Crippen LogP contribution in [-0.4, -0.2) is 26.8 Å². The molecule has 100 valence electrons. The van der Waals surface area contributed by atoms with Gasteiger partial charge in [0.05, 0.1) is 6.61 Å². The average molecular weight is 247 g/mol. The maximum absolute atomic E-state index is 4.99. The number of hydrogen-bond acceptors (Lipinski definition) is 2. The van der Waals surface area contributed by atoms with Crippen LogP contribution in [-0.2, 0) is 4.74 Å². The minimum Gasteiger partial charge on any atom is -0.383 e. The molecule has 0 saturated heterocycles. The summed E-state index contributed by atoms with van der Waals surface area (Å²) in [5.41, 5.74) is 5.40. The summed E-state index contributed by atoms with van der Waals surface area (Å²) in [5, 5.41) is 3.34. The molecule has 0 aromatic heterocycles. The zero-order chi connectivity index (χ0) is 13.4. The second-order valence-electron chi connectivity index (χ2n) is 4.72. The molecule has 0 amide bonds. The predicted molar refractivity (Wildman–Crippen MR) is 78.9 cm³/mol.